The molecule has 0 bridgehead atoms. The van der Waals surface area contributed by atoms with E-state index in [0.29, 0.717) is 0 Å². The maximum absolute atomic E-state index is 9.35. The van der Waals surface area contributed by atoms with Crippen molar-refractivity contribution in [2.45, 2.75) is 51.4 Å². The predicted octanol–water partition coefficient (Wildman–Crippen LogP) is 4.44. The van der Waals surface area contributed by atoms with Gasteiger partial charge < -0.3 is 0 Å². The van der Waals surface area contributed by atoms with Crippen molar-refractivity contribution in [3.05, 3.63) is 35.9 Å². The van der Waals surface area contributed by atoms with Gasteiger partial charge in [0.15, 0.2) is 0 Å². The molecular weight excluding hydrogens is 194 g/mol. The minimum Gasteiger partial charge on any atom is -0.197 e. The van der Waals surface area contributed by atoms with E-state index in [9.17, 15) is 5.26 Å². The van der Waals surface area contributed by atoms with Gasteiger partial charge in [0.2, 0.25) is 0 Å². The van der Waals surface area contributed by atoms with Crippen molar-refractivity contribution in [1.29, 1.82) is 5.26 Å². The quantitative estimate of drug-likeness (QED) is 0.644. The van der Waals surface area contributed by atoms with Crippen LogP contribution in [0.15, 0.2) is 30.3 Å². The zero-order valence-corrected chi connectivity index (χ0v) is 10.4. The van der Waals surface area contributed by atoms with Crippen LogP contribution in [0, 0.1) is 11.3 Å². The molecule has 1 nitrogen and oxygen atoms in total. The highest BCUT2D eigenvalue weighted by Gasteiger charge is 2.25. The lowest BCUT2D eigenvalue weighted by Gasteiger charge is -2.21. The smallest absolute Gasteiger partial charge is 0.0794 e. The van der Waals surface area contributed by atoms with Gasteiger partial charge in [-0.25, -0.2) is 0 Å². The molecule has 0 aromatic heterocycles. The molecule has 1 rings (SSSR count). The van der Waals surface area contributed by atoms with Crippen molar-refractivity contribution in [3.63, 3.8) is 0 Å². The zero-order chi connectivity index (χ0) is 11.9. The molecule has 0 heterocycles. The van der Waals surface area contributed by atoms with Crippen molar-refractivity contribution in [2.75, 3.05) is 0 Å². The third kappa shape index (κ3) is 3.38. The summed E-state index contributed by atoms with van der Waals surface area (Å²) < 4.78 is 0. The summed E-state index contributed by atoms with van der Waals surface area (Å²) in [6.07, 6.45) is 5.87. The first kappa shape index (κ1) is 12.8. The Labute approximate surface area is 99.1 Å². The molecule has 0 aliphatic heterocycles. The summed E-state index contributed by atoms with van der Waals surface area (Å²) in [5.41, 5.74) is 0.837. The Bertz CT molecular complexity index is 336. The SMILES string of the molecule is CCCCCCC(C)(C#N)c1ccccc1. The molecule has 0 amide bonds. The van der Waals surface area contributed by atoms with Gasteiger partial charge >= 0.3 is 0 Å². The van der Waals surface area contributed by atoms with Crippen LogP contribution < -0.4 is 0 Å². The second kappa shape index (κ2) is 6.33. The number of nitriles is 1. The molecule has 1 heteroatoms. The van der Waals surface area contributed by atoms with Crippen LogP contribution in [0.5, 0.6) is 0 Å². The van der Waals surface area contributed by atoms with E-state index in [1.807, 2.05) is 25.1 Å². The van der Waals surface area contributed by atoms with Crippen LogP contribution in [0.25, 0.3) is 0 Å². The number of nitrogens with zero attached hydrogens (tertiary/aromatic N) is 1. The summed E-state index contributed by atoms with van der Waals surface area (Å²) in [6.45, 7) is 4.26. The van der Waals surface area contributed by atoms with Gasteiger partial charge in [0, 0.05) is 0 Å². The van der Waals surface area contributed by atoms with E-state index in [1.54, 1.807) is 0 Å². The van der Waals surface area contributed by atoms with Gasteiger partial charge in [-0.2, -0.15) is 5.26 Å². The molecule has 1 aromatic rings. The highest BCUT2D eigenvalue weighted by Crippen LogP contribution is 2.28. The summed E-state index contributed by atoms with van der Waals surface area (Å²) in [4.78, 5) is 0. The first-order chi connectivity index (χ1) is 7.73. The van der Waals surface area contributed by atoms with Gasteiger partial charge in [-0.1, -0.05) is 62.9 Å². The lowest BCUT2D eigenvalue weighted by molar-refractivity contribution is 0.502. The largest absolute Gasteiger partial charge is 0.197 e. The van der Waals surface area contributed by atoms with E-state index >= 15 is 0 Å². The Kier molecular flexibility index (Phi) is 5.05. The number of rotatable bonds is 6. The highest BCUT2D eigenvalue weighted by molar-refractivity contribution is 5.30. The van der Waals surface area contributed by atoms with Gasteiger partial charge in [-0.15, -0.1) is 0 Å². The molecule has 0 N–H and O–H groups in total. The standard InChI is InChI=1S/C15H21N/c1-3-4-5-9-12-15(2,13-16)14-10-7-6-8-11-14/h6-8,10-11H,3-5,9,12H2,1-2H3. The van der Waals surface area contributed by atoms with Crippen LogP contribution >= 0.6 is 0 Å². The number of benzene rings is 1. The molecule has 1 atom stereocenters. The van der Waals surface area contributed by atoms with Gasteiger partial charge in [-0.05, 0) is 18.9 Å². The Morgan fingerprint density at radius 2 is 1.81 bits per heavy atom. The predicted molar refractivity (Wildman–Crippen MR) is 68.2 cm³/mol. The highest BCUT2D eigenvalue weighted by atomic mass is 14.4. The molecule has 16 heavy (non-hydrogen) atoms. The number of hydrogen-bond acceptors (Lipinski definition) is 1. The first-order valence-corrected chi connectivity index (χ1v) is 6.19. The van der Waals surface area contributed by atoms with Crippen molar-refractivity contribution < 1.29 is 0 Å². The monoisotopic (exact) mass is 215 g/mol. The summed E-state index contributed by atoms with van der Waals surface area (Å²) in [7, 11) is 0. The molecule has 86 valence electrons. The molecule has 0 radical (unpaired) electrons. The van der Waals surface area contributed by atoms with Gasteiger partial charge in [0.05, 0.1) is 11.5 Å². The van der Waals surface area contributed by atoms with Crippen LogP contribution in [0.3, 0.4) is 0 Å². The molecule has 0 saturated carbocycles. The van der Waals surface area contributed by atoms with E-state index in [-0.39, 0.29) is 5.41 Å². The second-order valence-electron chi connectivity index (χ2n) is 4.62. The van der Waals surface area contributed by atoms with Crippen LogP contribution in [0.4, 0.5) is 0 Å². The van der Waals surface area contributed by atoms with Crippen molar-refractivity contribution >= 4 is 0 Å². The fourth-order valence-corrected chi connectivity index (χ4v) is 1.98. The third-order valence-electron chi connectivity index (χ3n) is 3.19. The molecule has 0 spiro atoms. The van der Waals surface area contributed by atoms with Gasteiger partial charge in [0.25, 0.3) is 0 Å². The van der Waals surface area contributed by atoms with E-state index < -0.39 is 0 Å². The van der Waals surface area contributed by atoms with Crippen LogP contribution in [0.1, 0.15) is 51.5 Å². The Hall–Kier alpha value is -1.29. The van der Waals surface area contributed by atoms with E-state index in [0.717, 1.165) is 18.4 Å². The van der Waals surface area contributed by atoms with Gasteiger partial charge in [-0.3, -0.25) is 0 Å². The van der Waals surface area contributed by atoms with Crippen molar-refractivity contribution in [3.8, 4) is 6.07 Å². The van der Waals surface area contributed by atoms with Crippen LogP contribution in [-0.2, 0) is 5.41 Å². The average molecular weight is 215 g/mol. The van der Waals surface area contributed by atoms with Crippen LogP contribution in [-0.4, -0.2) is 0 Å². The Morgan fingerprint density at radius 1 is 1.12 bits per heavy atom. The number of hydrogen-bond donors (Lipinski definition) is 0. The lowest BCUT2D eigenvalue weighted by atomic mass is 9.79. The Balaban J connectivity index is 2.61. The minimum atomic E-state index is -0.311. The third-order valence-corrected chi connectivity index (χ3v) is 3.19. The fraction of sp³-hybridized carbons (Fsp3) is 0.533. The van der Waals surface area contributed by atoms with E-state index in [4.69, 9.17) is 0 Å². The zero-order valence-electron chi connectivity index (χ0n) is 10.4. The molecule has 1 aromatic carbocycles. The molecule has 0 saturated heterocycles. The molecule has 0 aliphatic rings. The topological polar surface area (TPSA) is 23.8 Å². The van der Waals surface area contributed by atoms with Gasteiger partial charge in [0.1, 0.15) is 0 Å². The summed E-state index contributed by atoms with van der Waals surface area (Å²) in [5.74, 6) is 0. The first-order valence-electron chi connectivity index (χ1n) is 6.19. The average Bonchev–Trinajstić information content (AvgIpc) is 2.35. The molecular formula is C15H21N. The Morgan fingerprint density at radius 3 is 2.38 bits per heavy atom. The maximum Gasteiger partial charge on any atom is 0.0794 e. The minimum absolute atomic E-state index is 0.311. The maximum atomic E-state index is 9.35. The summed E-state index contributed by atoms with van der Waals surface area (Å²) >= 11 is 0. The van der Waals surface area contributed by atoms with Crippen molar-refractivity contribution in [1.82, 2.24) is 0 Å². The number of unbranched alkanes of at least 4 members (excludes halogenated alkanes) is 3. The van der Waals surface area contributed by atoms with Crippen molar-refractivity contribution in [2.24, 2.45) is 0 Å². The molecule has 0 aliphatic carbocycles. The normalized spacial score (nSPS) is 14.1. The molecule has 0 fully saturated rings. The second-order valence-corrected chi connectivity index (χ2v) is 4.62. The summed E-state index contributed by atoms with van der Waals surface area (Å²) in [6, 6.07) is 12.6. The fourth-order valence-electron chi connectivity index (χ4n) is 1.98. The molecule has 1 unspecified atom stereocenters. The van der Waals surface area contributed by atoms with Crippen LogP contribution in [0.2, 0.25) is 0 Å². The summed E-state index contributed by atoms with van der Waals surface area (Å²) in [5, 5.41) is 9.35. The van der Waals surface area contributed by atoms with E-state index in [2.05, 4.69) is 25.1 Å². The van der Waals surface area contributed by atoms with E-state index in [1.165, 1.54) is 19.3 Å². The lowest BCUT2D eigenvalue weighted by Crippen LogP contribution is -2.19.